The Morgan fingerprint density at radius 2 is 1.57 bits per heavy atom. The van der Waals surface area contributed by atoms with Crippen molar-refractivity contribution in [1.82, 2.24) is 4.90 Å². The highest BCUT2D eigenvalue weighted by Crippen LogP contribution is 2.41. The molecule has 1 saturated heterocycles. The first kappa shape index (κ1) is 20.1. The van der Waals surface area contributed by atoms with Gasteiger partial charge in [-0.1, -0.05) is 12.1 Å². The summed E-state index contributed by atoms with van der Waals surface area (Å²) in [7, 11) is 4.79. The van der Waals surface area contributed by atoms with Gasteiger partial charge in [-0.2, -0.15) is 0 Å². The molecule has 1 heterocycles. The van der Waals surface area contributed by atoms with Gasteiger partial charge in [0.2, 0.25) is 5.75 Å². The van der Waals surface area contributed by atoms with E-state index >= 15 is 0 Å². The Labute approximate surface area is 173 Å². The van der Waals surface area contributed by atoms with Crippen LogP contribution >= 0.6 is 15.9 Å². The van der Waals surface area contributed by atoms with Gasteiger partial charge in [-0.05, 0) is 28.1 Å². The van der Waals surface area contributed by atoms with Gasteiger partial charge < -0.3 is 29.3 Å². The molecule has 150 valence electrons. The van der Waals surface area contributed by atoms with E-state index in [0.717, 1.165) is 15.8 Å². The third-order valence-electron chi connectivity index (χ3n) is 4.70. The third kappa shape index (κ3) is 4.27. The van der Waals surface area contributed by atoms with Crippen LogP contribution in [0.3, 0.4) is 0 Å². The second kappa shape index (κ2) is 9.05. The maximum Gasteiger partial charge on any atom is 0.321 e. The number of ether oxygens (including phenoxy) is 3. The zero-order chi connectivity index (χ0) is 20.1. The SMILES string of the molecule is COc1cc(N2CCN(C(=O)Nc3ccccc3Br)CC2)cc(OC)c1OC. The second-order valence-corrected chi connectivity index (χ2v) is 7.12. The molecule has 0 spiro atoms. The largest absolute Gasteiger partial charge is 0.493 e. The van der Waals surface area contributed by atoms with Gasteiger partial charge in [0.25, 0.3) is 0 Å². The first-order valence-corrected chi connectivity index (χ1v) is 9.72. The molecule has 0 saturated carbocycles. The fourth-order valence-corrected chi connectivity index (χ4v) is 3.56. The summed E-state index contributed by atoms with van der Waals surface area (Å²) in [4.78, 5) is 16.6. The van der Waals surface area contributed by atoms with Crippen LogP contribution in [0.4, 0.5) is 16.2 Å². The van der Waals surface area contributed by atoms with Crippen molar-refractivity contribution in [2.75, 3.05) is 57.7 Å². The molecule has 0 unspecified atom stereocenters. The van der Waals surface area contributed by atoms with Gasteiger partial charge in [0.1, 0.15) is 0 Å². The Morgan fingerprint density at radius 3 is 2.11 bits per heavy atom. The molecule has 2 aromatic rings. The van der Waals surface area contributed by atoms with Crippen LogP contribution in [-0.4, -0.2) is 58.4 Å². The first-order valence-electron chi connectivity index (χ1n) is 8.92. The van der Waals surface area contributed by atoms with Crippen LogP contribution < -0.4 is 24.4 Å². The highest BCUT2D eigenvalue weighted by atomic mass is 79.9. The average Bonchev–Trinajstić information content (AvgIpc) is 2.74. The highest BCUT2D eigenvalue weighted by molar-refractivity contribution is 9.10. The minimum absolute atomic E-state index is 0.101. The number of rotatable bonds is 5. The maximum absolute atomic E-state index is 12.6. The molecular weight excluding hydrogens is 426 g/mol. The Balaban J connectivity index is 1.67. The Kier molecular flexibility index (Phi) is 6.51. The van der Waals surface area contributed by atoms with E-state index in [4.69, 9.17) is 14.2 Å². The van der Waals surface area contributed by atoms with E-state index in [1.807, 2.05) is 41.3 Å². The van der Waals surface area contributed by atoms with Gasteiger partial charge in [0.05, 0.1) is 27.0 Å². The molecule has 0 aromatic heterocycles. The summed E-state index contributed by atoms with van der Waals surface area (Å²) in [5.74, 6) is 1.80. The lowest BCUT2D eigenvalue weighted by Crippen LogP contribution is -2.50. The zero-order valence-electron chi connectivity index (χ0n) is 16.2. The molecule has 0 aliphatic carbocycles. The lowest BCUT2D eigenvalue weighted by Gasteiger charge is -2.36. The van der Waals surface area contributed by atoms with Crippen molar-refractivity contribution >= 4 is 33.3 Å². The minimum Gasteiger partial charge on any atom is -0.493 e. The van der Waals surface area contributed by atoms with Crippen molar-refractivity contribution in [2.45, 2.75) is 0 Å². The van der Waals surface area contributed by atoms with Crippen molar-refractivity contribution in [2.24, 2.45) is 0 Å². The summed E-state index contributed by atoms with van der Waals surface area (Å²) in [5, 5.41) is 2.95. The van der Waals surface area contributed by atoms with E-state index in [1.165, 1.54) is 0 Å². The second-order valence-electron chi connectivity index (χ2n) is 6.27. The molecule has 2 aromatic carbocycles. The van der Waals surface area contributed by atoms with E-state index in [-0.39, 0.29) is 6.03 Å². The number of benzene rings is 2. The van der Waals surface area contributed by atoms with Gasteiger partial charge >= 0.3 is 6.03 Å². The number of urea groups is 1. The Bertz CT molecular complexity index is 813. The number of anilines is 2. The highest BCUT2D eigenvalue weighted by Gasteiger charge is 2.24. The predicted molar refractivity (Wildman–Crippen MR) is 113 cm³/mol. The van der Waals surface area contributed by atoms with Gasteiger partial charge in [0, 0.05) is 48.5 Å². The molecule has 1 aliphatic heterocycles. The molecule has 28 heavy (non-hydrogen) atoms. The number of carbonyl (C=O) groups is 1. The summed E-state index contributed by atoms with van der Waals surface area (Å²) in [6, 6.07) is 11.3. The van der Waals surface area contributed by atoms with E-state index in [0.29, 0.717) is 43.4 Å². The molecule has 0 atom stereocenters. The minimum atomic E-state index is -0.101. The lowest BCUT2D eigenvalue weighted by atomic mass is 10.2. The van der Waals surface area contributed by atoms with Gasteiger partial charge in [0.15, 0.2) is 11.5 Å². The monoisotopic (exact) mass is 449 g/mol. The smallest absolute Gasteiger partial charge is 0.321 e. The quantitative estimate of drug-likeness (QED) is 0.751. The first-order chi connectivity index (χ1) is 13.6. The summed E-state index contributed by atoms with van der Waals surface area (Å²) < 4.78 is 17.1. The normalized spacial score (nSPS) is 13.9. The van der Waals surface area contributed by atoms with Crippen molar-refractivity contribution in [3.63, 3.8) is 0 Å². The fourth-order valence-electron chi connectivity index (χ4n) is 3.17. The van der Waals surface area contributed by atoms with E-state index in [2.05, 4.69) is 26.1 Å². The molecule has 0 bridgehead atoms. The van der Waals surface area contributed by atoms with Gasteiger partial charge in [-0.25, -0.2) is 4.79 Å². The lowest BCUT2D eigenvalue weighted by molar-refractivity contribution is 0.208. The number of nitrogens with one attached hydrogen (secondary N) is 1. The van der Waals surface area contributed by atoms with Crippen molar-refractivity contribution in [3.05, 3.63) is 40.9 Å². The summed E-state index contributed by atoms with van der Waals surface area (Å²) in [6.45, 7) is 2.66. The van der Waals surface area contributed by atoms with E-state index in [9.17, 15) is 4.79 Å². The topological polar surface area (TPSA) is 63.3 Å². The van der Waals surface area contributed by atoms with Crippen LogP contribution in [-0.2, 0) is 0 Å². The molecule has 1 aliphatic rings. The summed E-state index contributed by atoms with van der Waals surface area (Å²) in [6.07, 6.45) is 0. The molecule has 1 N–H and O–H groups in total. The van der Waals surface area contributed by atoms with E-state index < -0.39 is 0 Å². The van der Waals surface area contributed by atoms with Crippen molar-refractivity contribution in [3.8, 4) is 17.2 Å². The standard InChI is InChI=1S/C20H24BrN3O4/c1-26-17-12-14(13-18(27-2)19(17)28-3)23-8-10-24(11-9-23)20(25)22-16-7-5-4-6-15(16)21/h4-7,12-13H,8-11H2,1-3H3,(H,22,25). The van der Waals surface area contributed by atoms with Crippen LogP contribution in [0, 0.1) is 0 Å². The number of nitrogens with zero attached hydrogens (tertiary/aromatic N) is 2. The van der Waals surface area contributed by atoms with Crippen molar-refractivity contribution in [1.29, 1.82) is 0 Å². The predicted octanol–water partition coefficient (Wildman–Crippen LogP) is 3.83. The van der Waals surface area contributed by atoms with Crippen molar-refractivity contribution < 1.29 is 19.0 Å². The zero-order valence-corrected chi connectivity index (χ0v) is 17.8. The Hall–Kier alpha value is -2.61. The maximum atomic E-state index is 12.6. The molecule has 7 nitrogen and oxygen atoms in total. The number of halogens is 1. The summed E-state index contributed by atoms with van der Waals surface area (Å²) >= 11 is 3.45. The molecule has 2 amide bonds. The van der Waals surface area contributed by atoms with Gasteiger partial charge in [-0.3, -0.25) is 0 Å². The average molecular weight is 450 g/mol. The number of methoxy groups -OCH3 is 3. The number of carbonyl (C=O) groups excluding carboxylic acids is 1. The molecule has 1 fully saturated rings. The van der Waals surface area contributed by atoms with Crippen LogP contribution in [0.1, 0.15) is 0 Å². The van der Waals surface area contributed by atoms with Crippen LogP contribution in [0.25, 0.3) is 0 Å². The van der Waals surface area contributed by atoms with Crippen LogP contribution in [0.2, 0.25) is 0 Å². The van der Waals surface area contributed by atoms with Crippen LogP contribution in [0.5, 0.6) is 17.2 Å². The van der Waals surface area contributed by atoms with Crippen LogP contribution in [0.15, 0.2) is 40.9 Å². The number of para-hydroxylation sites is 1. The Morgan fingerprint density at radius 1 is 0.964 bits per heavy atom. The fraction of sp³-hybridized carbons (Fsp3) is 0.350. The third-order valence-corrected chi connectivity index (χ3v) is 5.39. The van der Waals surface area contributed by atoms with Gasteiger partial charge in [-0.15, -0.1) is 0 Å². The number of hydrogen-bond donors (Lipinski definition) is 1. The molecular formula is C20H24BrN3O4. The van der Waals surface area contributed by atoms with E-state index in [1.54, 1.807) is 21.3 Å². The molecule has 0 radical (unpaired) electrons. The summed E-state index contributed by atoms with van der Waals surface area (Å²) in [5.41, 5.74) is 1.74. The number of hydrogen-bond acceptors (Lipinski definition) is 5. The number of amides is 2. The molecule has 8 heteroatoms. The molecule has 3 rings (SSSR count). The number of piperazine rings is 1.